The monoisotopic (exact) mass is 352 g/mol. The number of nitrogens with zero attached hydrogens (tertiary/aromatic N) is 1. The van der Waals surface area contributed by atoms with Gasteiger partial charge in [0.05, 0.1) is 12.6 Å². The predicted molar refractivity (Wildman–Crippen MR) is 70.7 cm³/mol. The third kappa shape index (κ3) is 2.29. The lowest BCUT2D eigenvalue weighted by Gasteiger charge is -2.40. The van der Waals surface area contributed by atoms with Crippen LogP contribution in [0.2, 0.25) is 0 Å². The molecule has 96 valence electrons. The molecule has 0 bridgehead atoms. The van der Waals surface area contributed by atoms with Crippen molar-refractivity contribution >= 4 is 34.5 Å². The second kappa shape index (κ2) is 5.09. The molecule has 6 heteroatoms. The molecule has 1 N–H and O–H groups in total. The number of methoxy groups -OCH3 is 1. The van der Waals surface area contributed by atoms with Gasteiger partial charge in [-0.1, -0.05) is 0 Å². The van der Waals surface area contributed by atoms with Crippen molar-refractivity contribution in [2.75, 3.05) is 20.2 Å². The molecule has 0 aromatic rings. The molecule has 1 spiro atoms. The lowest BCUT2D eigenvalue weighted by molar-refractivity contribution is -0.152. The zero-order valence-electron chi connectivity index (χ0n) is 9.87. The summed E-state index contributed by atoms with van der Waals surface area (Å²) in [6, 6.07) is 0. The first-order valence-electron chi connectivity index (χ1n) is 5.89. The molecule has 0 aromatic carbocycles. The molecule has 0 saturated carbocycles. The Kier molecular flexibility index (Phi) is 3.92. The zero-order chi connectivity index (χ0) is 12.5. The zero-order valence-corrected chi connectivity index (χ0v) is 12.0. The molecule has 2 saturated heterocycles. The number of likely N-dealkylation sites (tertiary alicyclic amines) is 1. The van der Waals surface area contributed by atoms with Crippen LogP contribution >= 0.6 is 22.6 Å². The van der Waals surface area contributed by atoms with Crippen LogP contribution in [-0.4, -0.2) is 46.6 Å². The van der Waals surface area contributed by atoms with Crippen molar-refractivity contribution in [1.82, 2.24) is 10.2 Å². The van der Waals surface area contributed by atoms with Crippen LogP contribution in [0.3, 0.4) is 0 Å². The summed E-state index contributed by atoms with van der Waals surface area (Å²) in [6.07, 6.45) is 3.73. The molecule has 1 amide bonds. The standard InChI is InChI=1S/C11H17IN2O3/c1-17-9(15)8(12)14-7-3-5-11(10(14)16)4-2-6-13-11/h8,13H,2-7H2,1H3. The average molecular weight is 352 g/mol. The fraction of sp³-hybridized carbons (Fsp3) is 0.818. The smallest absolute Gasteiger partial charge is 0.338 e. The third-order valence-electron chi connectivity index (χ3n) is 3.59. The predicted octanol–water partition coefficient (Wildman–Crippen LogP) is 0.665. The number of amides is 1. The van der Waals surface area contributed by atoms with Gasteiger partial charge in [0, 0.05) is 6.54 Å². The average Bonchev–Trinajstić information content (AvgIpc) is 2.80. The molecular formula is C11H17IN2O3. The molecule has 0 aliphatic carbocycles. The van der Waals surface area contributed by atoms with Crippen LogP contribution in [0.4, 0.5) is 0 Å². The number of ether oxygens (including phenoxy) is 1. The van der Waals surface area contributed by atoms with E-state index >= 15 is 0 Å². The summed E-state index contributed by atoms with van der Waals surface area (Å²) < 4.78 is 4.19. The molecule has 5 nitrogen and oxygen atoms in total. The fourth-order valence-corrected chi connectivity index (χ4v) is 3.46. The Balaban J connectivity index is 2.13. The summed E-state index contributed by atoms with van der Waals surface area (Å²) in [6.45, 7) is 1.54. The van der Waals surface area contributed by atoms with E-state index in [0.717, 1.165) is 32.2 Å². The molecule has 2 atom stereocenters. The van der Waals surface area contributed by atoms with Crippen LogP contribution in [0.1, 0.15) is 25.7 Å². The highest BCUT2D eigenvalue weighted by Gasteiger charge is 2.47. The van der Waals surface area contributed by atoms with Gasteiger partial charge in [0.25, 0.3) is 0 Å². The minimum atomic E-state index is -0.510. The van der Waals surface area contributed by atoms with Gasteiger partial charge in [0.2, 0.25) is 5.91 Å². The number of nitrogens with one attached hydrogen (secondary N) is 1. The van der Waals surface area contributed by atoms with Crippen molar-refractivity contribution in [1.29, 1.82) is 0 Å². The molecule has 2 heterocycles. The maximum absolute atomic E-state index is 12.5. The molecule has 0 aromatic heterocycles. The Morgan fingerprint density at radius 1 is 1.53 bits per heavy atom. The Morgan fingerprint density at radius 3 is 2.82 bits per heavy atom. The maximum atomic E-state index is 12.5. The molecule has 2 aliphatic rings. The Labute approximate surface area is 114 Å². The fourth-order valence-electron chi connectivity index (χ4n) is 2.68. The van der Waals surface area contributed by atoms with Crippen molar-refractivity contribution in [2.24, 2.45) is 0 Å². The first kappa shape index (κ1) is 13.1. The van der Waals surface area contributed by atoms with Crippen molar-refractivity contribution in [2.45, 2.75) is 35.3 Å². The normalized spacial score (nSPS) is 30.7. The third-order valence-corrected chi connectivity index (χ3v) is 4.77. The van der Waals surface area contributed by atoms with Gasteiger partial charge in [-0.3, -0.25) is 4.79 Å². The van der Waals surface area contributed by atoms with Gasteiger partial charge in [-0.2, -0.15) is 0 Å². The lowest BCUT2D eigenvalue weighted by Crippen LogP contribution is -2.61. The van der Waals surface area contributed by atoms with Gasteiger partial charge in [0.15, 0.2) is 4.05 Å². The van der Waals surface area contributed by atoms with E-state index in [1.807, 2.05) is 22.6 Å². The van der Waals surface area contributed by atoms with E-state index in [1.54, 1.807) is 4.90 Å². The number of piperidine rings is 1. The summed E-state index contributed by atoms with van der Waals surface area (Å²) in [5.74, 6) is -0.292. The van der Waals surface area contributed by atoms with Crippen LogP contribution in [0.25, 0.3) is 0 Å². The van der Waals surface area contributed by atoms with Gasteiger partial charge in [-0.25, -0.2) is 4.79 Å². The number of carbonyl (C=O) groups excluding carboxylic acids is 2. The van der Waals surface area contributed by atoms with Crippen LogP contribution in [0.15, 0.2) is 0 Å². The quantitative estimate of drug-likeness (QED) is 0.344. The number of hydrogen-bond acceptors (Lipinski definition) is 4. The Morgan fingerprint density at radius 2 is 2.24 bits per heavy atom. The van der Waals surface area contributed by atoms with Gasteiger partial charge in [-0.15, -0.1) is 0 Å². The van der Waals surface area contributed by atoms with E-state index in [-0.39, 0.29) is 11.9 Å². The van der Waals surface area contributed by atoms with E-state index in [2.05, 4.69) is 5.32 Å². The summed E-state index contributed by atoms with van der Waals surface area (Å²) in [4.78, 5) is 25.6. The summed E-state index contributed by atoms with van der Waals surface area (Å²) in [5.41, 5.74) is -0.407. The maximum Gasteiger partial charge on any atom is 0.338 e. The number of alkyl halides is 1. The number of halogens is 1. The molecule has 2 unspecified atom stereocenters. The molecule has 2 aliphatic heterocycles. The first-order chi connectivity index (χ1) is 8.10. The SMILES string of the molecule is COC(=O)C(I)N1CCCC2(CCCN2)C1=O. The Bertz CT molecular complexity index is 329. The number of carbonyl (C=O) groups is 2. The molecule has 0 radical (unpaired) electrons. The molecular weight excluding hydrogens is 335 g/mol. The van der Waals surface area contributed by atoms with Gasteiger partial charge < -0.3 is 15.0 Å². The highest BCUT2D eigenvalue weighted by atomic mass is 127. The first-order valence-corrected chi connectivity index (χ1v) is 7.13. The minimum Gasteiger partial charge on any atom is -0.467 e. The highest BCUT2D eigenvalue weighted by molar-refractivity contribution is 14.1. The second-order valence-electron chi connectivity index (χ2n) is 4.57. The van der Waals surface area contributed by atoms with Gasteiger partial charge >= 0.3 is 5.97 Å². The summed E-state index contributed by atoms with van der Waals surface area (Å²) in [7, 11) is 1.35. The summed E-state index contributed by atoms with van der Waals surface area (Å²) >= 11 is 1.97. The number of rotatable bonds is 2. The van der Waals surface area contributed by atoms with E-state index in [1.165, 1.54) is 7.11 Å². The van der Waals surface area contributed by atoms with Crippen LogP contribution in [0.5, 0.6) is 0 Å². The second-order valence-corrected chi connectivity index (χ2v) is 5.75. The van der Waals surface area contributed by atoms with Gasteiger partial charge in [0.1, 0.15) is 0 Å². The molecule has 2 rings (SSSR count). The topological polar surface area (TPSA) is 58.6 Å². The van der Waals surface area contributed by atoms with Crippen LogP contribution < -0.4 is 5.32 Å². The lowest BCUT2D eigenvalue weighted by atomic mass is 9.86. The molecule has 17 heavy (non-hydrogen) atoms. The van der Waals surface area contributed by atoms with E-state index in [4.69, 9.17) is 4.74 Å². The van der Waals surface area contributed by atoms with E-state index in [9.17, 15) is 9.59 Å². The summed E-state index contributed by atoms with van der Waals surface area (Å²) in [5, 5.41) is 3.32. The highest BCUT2D eigenvalue weighted by Crippen LogP contribution is 2.32. The van der Waals surface area contributed by atoms with E-state index in [0.29, 0.717) is 6.54 Å². The van der Waals surface area contributed by atoms with Crippen molar-refractivity contribution < 1.29 is 14.3 Å². The van der Waals surface area contributed by atoms with Crippen molar-refractivity contribution in [3.05, 3.63) is 0 Å². The number of hydrogen-bond donors (Lipinski definition) is 1. The van der Waals surface area contributed by atoms with Crippen molar-refractivity contribution in [3.63, 3.8) is 0 Å². The van der Waals surface area contributed by atoms with Gasteiger partial charge in [-0.05, 0) is 54.8 Å². The van der Waals surface area contributed by atoms with Crippen LogP contribution in [-0.2, 0) is 14.3 Å². The molecule has 2 fully saturated rings. The van der Waals surface area contributed by atoms with Crippen LogP contribution in [0, 0.1) is 0 Å². The minimum absolute atomic E-state index is 0.0612. The number of esters is 1. The largest absolute Gasteiger partial charge is 0.467 e. The van der Waals surface area contributed by atoms with Crippen molar-refractivity contribution in [3.8, 4) is 0 Å². The van der Waals surface area contributed by atoms with E-state index < -0.39 is 9.59 Å². The Hall–Kier alpha value is -0.370.